The van der Waals surface area contributed by atoms with Gasteiger partial charge < -0.3 is 20.3 Å². The molecule has 3 atom stereocenters. The van der Waals surface area contributed by atoms with Gasteiger partial charge in [0, 0.05) is 36.7 Å². The molecule has 2 N–H and O–H groups in total. The number of hydrogen-bond acceptors (Lipinski definition) is 7. The van der Waals surface area contributed by atoms with E-state index in [1.807, 2.05) is 6.92 Å². The first-order valence-electron chi connectivity index (χ1n) is 10.4. The van der Waals surface area contributed by atoms with Gasteiger partial charge in [-0.1, -0.05) is 6.07 Å². The molecular formula is C22H23F2N5O3S. The maximum atomic E-state index is 14.4. The predicted molar refractivity (Wildman–Crippen MR) is 120 cm³/mol. The minimum Gasteiger partial charge on any atom is -0.363 e. The molecule has 0 aliphatic carbocycles. The smallest absolute Gasteiger partial charge is 0.252 e. The summed E-state index contributed by atoms with van der Waals surface area (Å²) >= 11 is 1.39. The van der Waals surface area contributed by atoms with Crippen LogP contribution in [0.15, 0.2) is 46.0 Å². The van der Waals surface area contributed by atoms with E-state index in [9.17, 15) is 18.4 Å². The third kappa shape index (κ3) is 5.79. The van der Waals surface area contributed by atoms with Crippen molar-refractivity contribution in [3.05, 3.63) is 58.3 Å². The van der Waals surface area contributed by atoms with E-state index in [0.29, 0.717) is 24.4 Å². The van der Waals surface area contributed by atoms with Crippen LogP contribution < -0.4 is 15.5 Å². The third-order valence-electron chi connectivity index (χ3n) is 5.26. The molecule has 3 unspecified atom stereocenters. The molecule has 174 valence electrons. The molecule has 2 aliphatic heterocycles. The molecule has 2 amide bonds. The number of nitrogens with zero attached hydrogens (tertiary/aromatic N) is 3. The van der Waals surface area contributed by atoms with Crippen LogP contribution >= 0.6 is 11.3 Å². The van der Waals surface area contributed by atoms with Crippen molar-refractivity contribution in [3.8, 4) is 0 Å². The topological polar surface area (TPSA) is 99.2 Å². The molecule has 0 radical (unpaired) electrons. The molecule has 3 heterocycles. The first-order chi connectivity index (χ1) is 15.9. The number of amides is 2. The van der Waals surface area contributed by atoms with Gasteiger partial charge in [0.25, 0.3) is 5.91 Å². The molecule has 2 aliphatic rings. The molecule has 11 heteroatoms. The van der Waals surface area contributed by atoms with E-state index < -0.39 is 29.7 Å². The quantitative estimate of drug-likeness (QED) is 0.571. The Balaban J connectivity index is 1.47. The summed E-state index contributed by atoms with van der Waals surface area (Å²) in [5.74, 6) is -2.14. The van der Waals surface area contributed by atoms with Gasteiger partial charge in [0.15, 0.2) is 6.10 Å². The monoisotopic (exact) mass is 475 g/mol. The fourth-order valence-corrected chi connectivity index (χ4v) is 3.96. The standard InChI is InChI=1S/C22H23F2N5O3S/c1-13-5-6-25-15(9-29(13)20-16(23)3-2-4-17(20)24)8-26-21(30)18(7-14-11-33-12-27-14)28-22(31)19-10-32-19/h2-4,6,9,11-13,18-19H,5,7-8,10H2,1H3,(H,26,30)(H,28,31). The Bertz CT molecular complexity index is 1050. The molecule has 0 spiro atoms. The van der Waals surface area contributed by atoms with Crippen molar-refractivity contribution in [2.24, 2.45) is 4.99 Å². The van der Waals surface area contributed by atoms with Crippen molar-refractivity contribution in [2.45, 2.75) is 38.0 Å². The van der Waals surface area contributed by atoms with Crippen LogP contribution in [0.1, 0.15) is 19.0 Å². The summed E-state index contributed by atoms with van der Waals surface area (Å²) in [5, 5.41) is 7.26. The number of nitrogens with one attached hydrogen (secondary N) is 2. The third-order valence-corrected chi connectivity index (χ3v) is 5.90. The number of benzene rings is 1. The number of halogens is 2. The van der Waals surface area contributed by atoms with Gasteiger partial charge in [0.2, 0.25) is 5.91 Å². The number of rotatable bonds is 8. The van der Waals surface area contributed by atoms with Gasteiger partial charge in [-0.2, -0.15) is 0 Å². The molecular weight excluding hydrogens is 452 g/mol. The van der Waals surface area contributed by atoms with Crippen LogP contribution in [0.25, 0.3) is 0 Å². The number of epoxide rings is 1. The predicted octanol–water partition coefficient (Wildman–Crippen LogP) is 2.17. The SMILES string of the molecule is CC1CC=NC(CNC(=O)C(Cc2cscn2)NC(=O)C2CO2)=CN1c1c(F)cccc1F. The molecule has 0 saturated carbocycles. The van der Waals surface area contributed by atoms with E-state index in [4.69, 9.17) is 4.74 Å². The minimum absolute atomic E-state index is 0.0119. The number of anilines is 1. The van der Waals surface area contributed by atoms with Crippen LogP contribution in [0, 0.1) is 11.6 Å². The Morgan fingerprint density at radius 3 is 2.76 bits per heavy atom. The maximum absolute atomic E-state index is 14.4. The van der Waals surface area contributed by atoms with Gasteiger partial charge in [-0.3, -0.25) is 14.6 Å². The summed E-state index contributed by atoms with van der Waals surface area (Å²) in [6, 6.07) is 2.60. The minimum atomic E-state index is -0.849. The Kier molecular flexibility index (Phi) is 7.09. The second-order valence-corrected chi connectivity index (χ2v) is 8.50. The zero-order valence-corrected chi connectivity index (χ0v) is 18.6. The van der Waals surface area contributed by atoms with E-state index in [0.717, 1.165) is 0 Å². The molecule has 1 fully saturated rings. The highest BCUT2D eigenvalue weighted by Gasteiger charge is 2.34. The number of carbonyl (C=O) groups is 2. The van der Waals surface area contributed by atoms with Crippen molar-refractivity contribution >= 4 is 35.1 Å². The lowest BCUT2D eigenvalue weighted by Crippen LogP contribution is -2.49. The summed E-state index contributed by atoms with van der Waals surface area (Å²) < 4.78 is 33.8. The summed E-state index contributed by atoms with van der Waals surface area (Å²) in [5.41, 5.74) is 2.58. The molecule has 1 aromatic carbocycles. The van der Waals surface area contributed by atoms with Crippen molar-refractivity contribution in [1.29, 1.82) is 0 Å². The maximum Gasteiger partial charge on any atom is 0.252 e. The normalized spacial score (nSPS) is 20.6. The molecule has 1 aromatic heterocycles. The first kappa shape index (κ1) is 23.0. The highest BCUT2D eigenvalue weighted by Crippen LogP contribution is 2.28. The Labute approximate surface area is 193 Å². The Morgan fingerprint density at radius 2 is 2.09 bits per heavy atom. The number of thiazole rings is 1. The number of carbonyl (C=O) groups excluding carboxylic acids is 2. The number of hydrogen-bond donors (Lipinski definition) is 2. The zero-order valence-electron chi connectivity index (χ0n) is 17.8. The van der Waals surface area contributed by atoms with Crippen LogP contribution in [-0.2, 0) is 20.7 Å². The molecule has 0 bridgehead atoms. The lowest BCUT2D eigenvalue weighted by Gasteiger charge is -2.27. The van der Waals surface area contributed by atoms with Crippen LogP contribution in [-0.4, -0.2) is 54.4 Å². The summed E-state index contributed by atoms with van der Waals surface area (Å²) in [6.45, 7) is 2.17. The fourth-order valence-electron chi connectivity index (χ4n) is 3.39. The van der Waals surface area contributed by atoms with Crippen molar-refractivity contribution in [3.63, 3.8) is 0 Å². The van der Waals surface area contributed by atoms with Crippen LogP contribution in [0.4, 0.5) is 14.5 Å². The highest BCUT2D eigenvalue weighted by molar-refractivity contribution is 7.07. The second-order valence-electron chi connectivity index (χ2n) is 7.78. The summed E-state index contributed by atoms with van der Waals surface area (Å²) in [7, 11) is 0. The zero-order chi connectivity index (χ0) is 23.4. The lowest BCUT2D eigenvalue weighted by molar-refractivity contribution is -0.129. The van der Waals surface area contributed by atoms with Gasteiger partial charge >= 0.3 is 0 Å². The van der Waals surface area contributed by atoms with Crippen LogP contribution in [0.3, 0.4) is 0 Å². The molecule has 1 saturated heterocycles. The van der Waals surface area contributed by atoms with Gasteiger partial charge in [0.1, 0.15) is 23.4 Å². The Hall–Kier alpha value is -3.18. The Morgan fingerprint density at radius 1 is 1.33 bits per heavy atom. The molecule has 8 nitrogen and oxygen atoms in total. The summed E-state index contributed by atoms with van der Waals surface area (Å²) in [6.07, 6.45) is 3.34. The van der Waals surface area contributed by atoms with E-state index in [2.05, 4.69) is 20.6 Å². The fraction of sp³-hybridized carbons (Fsp3) is 0.364. The van der Waals surface area contributed by atoms with Gasteiger partial charge in [-0.15, -0.1) is 11.3 Å². The van der Waals surface area contributed by atoms with Crippen LogP contribution in [0.2, 0.25) is 0 Å². The highest BCUT2D eigenvalue weighted by atomic mass is 32.1. The summed E-state index contributed by atoms with van der Waals surface area (Å²) in [4.78, 5) is 35.0. The molecule has 4 rings (SSSR count). The average molecular weight is 476 g/mol. The van der Waals surface area contributed by atoms with Crippen molar-refractivity contribution in [1.82, 2.24) is 15.6 Å². The van der Waals surface area contributed by atoms with E-state index >= 15 is 0 Å². The largest absolute Gasteiger partial charge is 0.363 e. The molecule has 2 aromatic rings. The van der Waals surface area contributed by atoms with Crippen molar-refractivity contribution < 1.29 is 23.1 Å². The van der Waals surface area contributed by atoms with Gasteiger partial charge in [-0.05, 0) is 19.1 Å². The number of para-hydroxylation sites is 1. The lowest BCUT2D eigenvalue weighted by atomic mass is 10.1. The van der Waals surface area contributed by atoms with E-state index in [1.165, 1.54) is 40.6 Å². The first-order valence-corrected chi connectivity index (χ1v) is 11.4. The molecule has 33 heavy (non-hydrogen) atoms. The van der Waals surface area contributed by atoms with E-state index in [-0.39, 0.29) is 30.6 Å². The van der Waals surface area contributed by atoms with E-state index in [1.54, 1.807) is 17.1 Å². The second kappa shape index (κ2) is 10.2. The number of ether oxygens (including phenoxy) is 1. The van der Waals surface area contributed by atoms with Crippen molar-refractivity contribution in [2.75, 3.05) is 18.1 Å². The number of aliphatic imine (C=N–C) groups is 1. The van der Waals surface area contributed by atoms with Gasteiger partial charge in [-0.25, -0.2) is 13.8 Å². The van der Waals surface area contributed by atoms with Crippen LogP contribution in [0.5, 0.6) is 0 Å². The average Bonchev–Trinajstić information content (AvgIpc) is 3.55. The number of aromatic nitrogens is 1. The van der Waals surface area contributed by atoms with Gasteiger partial charge in [0.05, 0.1) is 30.1 Å².